The lowest BCUT2D eigenvalue weighted by Crippen LogP contribution is -2.37. The van der Waals surface area contributed by atoms with Crippen molar-refractivity contribution in [2.24, 2.45) is 0 Å². The highest BCUT2D eigenvalue weighted by atomic mass is 16.7. The average molecular weight is 260 g/mol. The molecule has 1 aromatic carbocycles. The third kappa shape index (κ3) is 4.19. The first kappa shape index (κ1) is 14.3. The molecule has 2 rings (SSSR count). The normalized spacial score (nSPS) is 28.1. The van der Waals surface area contributed by atoms with Gasteiger partial charge >= 0.3 is 0 Å². The molecule has 0 N–H and O–H groups in total. The number of hydrogen-bond donors (Lipinski definition) is 0. The van der Waals surface area contributed by atoms with Crippen LogP contribution in [-0.4, -0.2) is 18.0 Å². The molecule has 2 heteroatoms. The number of hydrogen-bond acceptors (Lipinski definition) is 2. The maximum absolute atomic E-state index is 5.99. The molecule has 0 aromatic heterocycles. The van der Waals surface area contributed by atoms with Gasteiger partial charge in [0, 0.05) is 6.42 Å². The highest BCUT2D eigenvalue weighted by Crippen LogP contribution is 2.35. The van der Waals surface area contributed by atoms with E-state index < -0.39 is 0 Å². The van der Waals surface area contributed by atoms with Gasteiger partial charge in [0.15, 0.2) is 6.29 Å². The second kappa shape index (κ2) is 5.89. The Hall–Kier alpha value is -1.12. The van der Waals surface area contributed by atoms with E-state index in [0.717, 1.165) is 12.8 Å². The van der Waals surface area contributed by atoms with Crippen LogP contribution in [0.1, 0.15) is 45.1 Å². The molecule has 0 aliphatic carbocycles. The van der Waals surface area contributed by atoms with E-state index in [0.29, 0.717) is 5.92 Å². The van der Waals surface area contributed by atoms with Gasteiger partial charge in [-0.25, -0.2) is 0 Å². The van der Waals surface area contributed by atoms with Gasteiger partial charge in [-0.1, -0.05) is 36.4 Å². The van der Waals surface area contributed by atoms with Gasteiger partial charge in [0.1, 0.15) is 0 Å². The van der Waals surface area contributed by atoms with Crippen LogP contribution in [0.25, 0.3) is 0 Å². The van der Waals surface area contributed by atoms with Crippen LogP contribution in [0.4, 0.5) is 0 Å². The minimum absolute atomic E-state index is 0.0753. The Bertz CT molecular complexity index is 405. The highest BCUT2D eigenvalue weighted by Gasteiger charge is 2.31. The molecule has 1 aliphatic rings. The summed E-state index contributed by atoms with van der Waals surface area (Å²) >= 11 is 0. The first-order valence-electron chi connectivity index (χ1n) is 6.99. The van der Waals surface area contributed by atoms with E-state index in [1.165, 1.54) is 5.56 Å². The lowest BCUT2D eigenvalue weighted by atomic mass is 9.88. The summed E-state index contributed by atoms with van der Waals surface area (Å²) in [6.07, 6.45) is 3.70. The molecule has 104 valence electrons. The van der Waals surface area contributed by atoms with Crippen molar-refractivity contribution < 1.29 is 9.47 Å². The molecule has 19 heavy (non-hydrogen) atoms. The van der Waals surface area contributed by atoms with Crippen molar-refractivity contribution in [2.75, 3.05) is 0 Å². The molecule has 0 bridgehead atoms. The van der Waals surface area contributed by atoms with Crippen LogP contribution in [0.5, 0.6) is 0 Å². The Balaban J connectivity index is 2.10. The minimum Gasteiger partial charge on any atom is -0.347 e. The van der Waals surface area contributed by atoms with Crippen molar-refractivity contribution in [3.63, 3.8) is 0 Å². The third-order valence-electron chi connectivity index (χ3n) is 3.34. The molecule has 1 aromatic rings. The molecule has 0 radical (unpaired) electrons. The van der Waals surface area contributed by atoms with Gasteiger partial charge in [0.25, 0.3) is 0 Å². The van der Waals surface area contributed by atoms with E-state index in [9.17, 15) is 0 Å². The van der Waals surface area contributed by atoms with Crippen molar-refractivity contribution >= 4 is 0 Å². The molecule has 0 spiro atoms. The Morgan fingerprint density at radius 1 is 1.21 bits per heavy atom. The first-order valence-corrected chi connectivity index (χ1v) is 6.99. The van der Waals surface area contributed by atoms with Gasteiger partial charge < -0.3 is 9.47 Å². The fraction of sp³-hybridized carbons (Fsp3) is 0.529. The molecule has 1 heterocycles. The number of benzene rings is 1. The zero-order valence-corrected chi connectivity index (χ0v) is 12.1. The SMILES string of the molecule is C=C[C@@H]1C[C@H](c2ccccc2)C[C@@H](OC(C)(C)C)O1. The lowest BCUT2D eigenvalue weighted by molar-refractivity contribution is -0.228. The van der Waals surface area contributed by atoms with E-state index in [-0.39, 0.29) is 18.0 Å². The maximum Gasteiger partial charge on any atom is 0.159 e. The van der Waals surface area contributed by atoms with Crippen LogP contribution in [0.2, 0.25) is 0 Å². The van der Waals surface area contributed by atoms with Crippen LogP contribution in [0, 0.1) is 0 Å². The van der Waals surface area contributed by atoms with Crippen LogP contribution in [0.3, 0.4) is 0 Å². The highest BCUT2D eigenvalue weighted by molar-refractivity contribution is 5.20. The largest absolute Gasteiger partial charge is 0.347 e. The molecule has 3 atom stereocenters. The van der Waals surface area contributed by atoms with E-state index >= 15 is 0 Å². The zero-order valence-electron chi connectivity index (χ0n) is 12.1. The predicted octanol–water partition coefficient (Wildman–Crippen LogP) is 4.28. The first-order chi connectivity index (χ1) is 8.98. The molecule has 1 aliphatic heterocycles. The second-order valence-electron chi connectivity index (χ2n) is 6.15. The topological polar surface area (TPSA) is 18.5 Å². The summed E-state index contributed by atoms with van der Waals surface area (Å²) in [4.78, 5) is 0. The Morgan fingerprint density at radius 2 is 1.89 bits per heavy atom. The quantitative estimate of drug-likeness (QED) is 0.755. The second-order valence-corrected chi connectivity index (χ2v) is 6.15. The third-order valence-corrected chi connectivity index (χ3v) is 3.34. The Labute approximate surface area is 116 Å². The number of rotatable bonds is 3. The van der Waals surface area contributed by atoms with Crippen LogP contribution in [0.15, 0.2) is 43.0 Å². The van der Waals surface area contributed by atoms with Gasteiger partial charge in [-0.2, -0.15) is 0 Å². The van der Waals surface area contributed by atoms with E-state index in [4.69, 9.17) is 9.47 Å². The molecule has 1 saturated heterocycles. The summed E-state index contributed by atoms with van der Waals surface area (Å²) in [5.41, 5.74) is 1.18. The molecule has 0 amide bonds. The van der Waals surface area contributed by atoms with Crippen LogP contribution in [-0.2, 0) is 9.47 Å². The van der Waals surface area contributed by atoms with Crippen molar-refractivity contribution in [3.05, 3.63) is 48.6 Å². The molecule has 2 nitrogen and oxygen atoms in total. The molecular formula is C17H24O2. The van der Waals surface area contributed by atoms with Crippen molar-refractivity contribution in [2.45, 2.75) is 57.5 Å². The molecule has 1 fully saturated rings. The lowest BCUT2D eigenvalue weighted by Gasteiger charge is -2.37. The van der Waals surface area contributed by atoms with Gasteiger partial charge in [-0.05, 0) is 38.7 Å². The maximum atomic E-state index is 5.99. The summed E-state index contributed by atoms with van der Waals surface area (Å²) in [7, 11) is 0. The smallest absolute Gasteiger partial charge is 0.159 e. The predicted molar refractivity (Wildman–Crippen MR) is 78.1 cm³/mol. The van der Waals surface area contributed by atoms with Gasteiger partial charge in [-0.15, -0.1) is 6.58 Å². The molecule has 0 unspecified atom stereocenters. The Morgan fingerprint density at radius 3 is 2.47 bits per heavy atom. The monoisotopic (exact) mass is 260 g/mol. The summed E-state index contributed by atoms with van der Waals surface area (Å²) in [6.45, 7) is 10.0. The molecule has 0 saturated carbocycles. The minimum atomic E-state index is -0.186. The fourth-order valence-corrected chi connectivity index (χ4v) is 2.53. The van der Waals surface area contributed by atoms with Gasteiger partial charge in [-0.3, -0.25) is 0 Å². The zero-order chi connectivity index (χ0) is 13.9. The standard InChI is InChI=1S/C17H24O2/c1-5-15-11-14(13-9-7-6-8-10-13)12-16(18-15)19-17(2,3)4/h5-10,14-16H,1,11-12H2,2-4H3/t14-,15+,16+/m0/s1. The fourth-order valence-electron chi connectivity index (χ4n) is 2.53. The Kier molecular flexibility index (Phi) is 4.43. The summed E-state index contributed by atoms with van der Waals surface area (Å²) in [5, 5.41) is 0. The summed E-state index contributed by atoms with van der Waals surface area (Å²) in [6, 6.07) is 10.6. The van der Waals surface area contributed by atoms with Crippen LogP contribution < -0.4 is 0 Å². The van der Waals surface area contributed by atoms with E-state index in [1.54, 1.807) is 0 Å². The van der Waals surface area contributed by atoms with E-state index in [2.05, 4.69) is 57.7 Å². The van der Waals surface area contributed by atoms with E-state index in [1.807, 2.05) is 6.08 Å². The van der Waals surface area contributed by atoms with Crippen molar-refractivity contribution in [1.29, 1.82) is 0 Å². The van der Waals surface area contributed by atoms with Gasteiger partial charge in [0.05, 0.1) is 11.7 Å². The average Bonchev–Trinajstić information content (AvgIpc) is 2.37. The van der Waals surface area contributed by atoms with Crippen molar-refractivity contribution in [1.82, 2.24) is 0 Å². The summed E-state index contributed by atoms with van der Waals surface area (Å²) in [5.74, 6) is 0.477. The molecular weight excluding hydrogens is 236 g/mol. The number of ether oxygens (including phenoxy) is 2. The van der Waals surface area contributed by atoms with Gasteiger partial charge in [0.2, 0.25) is 0 Å². The van der Waals surface area contributed by atoms with Crippen LogP contribution >= 0.6 is 0 Å². The van der Waals surface area contributed by atoms with Crippen molar-refractivity contribution in [3.8, 4) is 0 Å². The summed E-state index contributed by atoms with van der Waals surface area (Å²) < 4.78 is 11.9.